The summed E-state index contributed by atoms with van der Waals surface area (Å²) in [5, 5.41) is 3.15. The SMILES string of the molecule is CCN=[N+]=[N-].N. The second-order valence-corrected chi connectivity index (χ2v) is 0.547. The van der Waals surface area contributed by atoms with Crippen molar-refractivity contribution in [1.29, 1.82) is 0 Å². The Kier molecular flexibility index (Phi) is 13.3. The van der Waals surface area contributed by atoms with Crippen molar-refractivity contribution in [3.05, 3.63) is 10.4 Å². The molecule has 4 nitrogen and oxygen atoms in total. The van der Waals surface area contributed by atoms with Gasteiger partial charge in [0.05, 0.1) is 0 Å². The number of azide groups is 1. The highest BCUT2D eigenvalue weighted by molar-refractivity contribution is 4.36. The number of hydrogen-bond donors (Lipinski definition) is 1. The van der Waals surface area contributed by atoms with Gasteiger partial charge in [-0.2, -0.15) is 0 Å². The lowest BCUT2D eigenvalue weighted by Crippen LogP contribution is -1.52. The second kappa shape index (κ2) is 8.86. The monoisotopic (exact) mass is 88.1 g/mol. The van der Waals surface area contributed by atoms with E-state index < -0.39 is 0 Å². The Bertz CT molecular complexity index is 52.6. The van der Waals surface area contributed by atoms with E-state index in [1.165, 1.54) is 0 Å². The molecular weight excluding hydrogens is 80.0 g/mol. The van der Waals surface area contributed by atoms with Crippen molar-refractivity contribution in [2.24, 2.45) is 5.11 Å². The summed E-state index contributed by atoms with van der Waals surface area (Å²) in [5.74, 6) is 0. The molecule has 6 heavy (non-hydrogen) atoms. The molecule has 0 atom stereocenters. The summed E-state index contributed by atoms with van der Waals surface area (Å²) in [6, 6.07) is 0. The fourth-order valence-electron chi connectivity index (χ4n) is 0.0632. The maximum Gasteiger partial charge on any atom is 0.0229 e. The van der Waals surface area contributed by atoms with Crippen LogP contribution in [0.4, 0.5) is 0 Å². The van der Waals surface area contributed by atoms with Crippen LogP contribution in [0.2, 0.25) is 0 Å². The van der Waals surface area contributed by atoms with Gasteiger partial charge in [0.2, 0.25) is 0 Å². The minimum absolute atomic E-state index is 0. The van der Waals surface area contributed by atoms with Gasteiger partial charge in [-0.3, -0.25) is 0 Å². The quantitative estimate of drug-likeness (QED) is 0.294. The molecule has 0 saturated carbocycles. The van der Waals surface area contributed by atoms with E-state index in [0.717, 1.165) is 0 Å². The van der Waals surface area contributed by atoms with E-state index in [4.69, 9.17) is 5.53 Å². The average Bonchev–Trinajstić information content (AvgIpc) is 1.41. The molecule has 0 rings (SSSR count). The van der Waals surface area contributed by atoms with Gasteiger partial charge in [0.25, 0.3) is 0 Å². The van der Waals surface area contributed by atoms with E-state index in [1.54, 1.807) is 6.92 Å². The van der Waals surface area contributed by atoms with Crippen LogP contribution in [0.15, 0.2) is 5.11 Å². The zero-order valence-electron chi connectivity index (χ0n) is 3.76. The van der Waals surface area contributed by atoms with Crippen LogP contribution >= 0.6 is 0 Å². The van der Waals surface area contributed by atoms with Crippen molar-refractivity contribution in [2.45, 2.75) is 6.92 Å². The molecule has 0 heterocycles. The smallest absolute Gasteiger partial charge is 0.0229 e. The van der Waals surface area contributed by atoms with Crippen LogP contribution in [0.25, 0.3) is 10.4 Å². The highest BCUT2D eigenvalue weighted by Crippen LogP contribution is 1.61. The maximum atomic E-state index is 7.52. The molecule has 0 aliphatic rings. The third-order valence-electron chi connectivity index (χ3n) is 0.205. The van der Waals surface area contributed by atoms with Crippen molar-refractivity contribution in [2.75, 3.05) is 6.54 Å². The molecule has 0 spiro atoms. The lowest BCUT2D eigenvalue weighted by molar-refractivity contribution is 1.11. The van der Waals surface area contributed by atoms with Crippen molar-refractivity contribution < 1.29 is 0 Å². The summed E-state index contributed by atoms with van der Waals surface area (Å²) in [6.07, 6.45) is 0. The lowest BCUT2D eigenvalue weighted by Gasteiger charge is -1.57. The van der Waals surface area contributed by atoms with Gasteiger partial charge in [-0.25, -0.2) is 0 Å². The van der Waals surface area contributed by atoms with Crippen LogP contribution in [0.3, 0.4) is 0 Å². The van der Waals surface area contributed by atoms with E-state index in [1.807, 2.05) is 0 Å². The van der Waals surface area contributed by atoms with Gasteiger partial charge < -0.3 is 6.15 Å². The van der Waals surface area contributed by atoms with Gasteiger partial charge in [0.15, 0.2) is 0 Å². The molecular formula is C2H8N4. The van der Waals surface area contributed by atoms with Crippen LogP contribution in [-0.4, -0.2) is 6.54 Å². The van der Waals surface area contributed by atoms with Crippen molar-refractivity contribution >= 4 is 0 Å². The Hall–Kier alpha value is -0.730. The molecule has 0 fully saturated rings. The summed E-state index contributed by atoms with van der Waals surface area (Å²) >= 11 is 0. The fourth-order valence-corrected chi connectivity index (χ4v) is 0.0632. The summed E-state index contributed by atoms with van der Waals surface area (Å²) in [7, 11) is 0. The average molecular weight is 88.1 g/mol. The molecule has 0 aromatic rings. The molecule has 0 aliphatic heterocycles. The number of hydrogen-bond acceptors (Lipinski definition) is 2. The largest absolute Gasteiger partial charge is 0.344 e. The summed E-state index contributed by atoms with van der Waals surface area (Å²) < 4.78 is 0. The maximum absolute atomic E-state index is 7.52. The Balaban J connectivity index is 0. The minimum Gasteiger partial charge on any atom is -0.344 e. The predicted molar refractivity (Wildman–Crippen MR) is 24.7 cm³/mol. The number of nitrogens with zero attached hydrogens (tertiary/aromatic N) is 3. The topological polar surface area (TPSA) is 83.8 Å². The Morgan fingerprint density at radius 3 is 2.33 bits per heavy atom. The van der Waals surface area contributed by atoms with Crippen LogP contribution in [-0.2, 0) is 0 Å². The molecule has 4 heteroatoms. The molecule has 0 unspecified atom stereocenters. The first-order valence-corrected chi connectivity index (χ1v) is 1.42. The zero-order chi connectivity index (χ0) is 4.12. The van der Waals surface area contributed by atoms with Crippen molar-refractivity contribution in [1.82, 2.24) is 6.15 Å². The normalized spacial score (nSPS) is 4.83. The van der Waals surface area contributed by atoms with E-state index in [-0.39, 0.29) is 6.15 Å². The van der Waals surface area contributed by atoms with Gasteiger partial charge in [0.1, 0.15) is 0 Å². The molecule has 0 aliphatic carbocycles. The molecule has 0 amide bonds. The summed E-state index contributed by atoms with van der Waals surface area (Å²) in [6.45, 7) is 2.34. The van der Waals surface area contributed by atoms with Crippen LogP contribution in [0, 0.1) is 0 Å². The first-order valence-electron chi connectivity index (χ1n) is 1.42. The van der Waals surface area contributed by atoms with Crippen molar-refractivity contribution in [3.8, 4) is 0 Å². The Morgan fingerprint density at radius 1 is 1.83 bits per heavy atom. The highest BCUT2D eigenvalue weighted by Gasteiger charge is 1.51. The van der Waals surface area contributed by atoms with E-state index in [9.17, 15) is 0 Å². The van der Waals surface area contributed by atoms with Gasteiger partial charge >= 0.3 is 0 Å². The summed E-state index contributed by atoms with van der Waals surface area (Å²) in [4.78, 5) is 2.48. The zero-order valence-corrected chi connectivity index (χ0v) is 3.76. The van der Waals surface area contributed by atoms with Gasteiger partial charge in [-0.05, 0) is 5.53 Å². The summed E-state index contributed by atoms with van der Waals surface area (Å²) in [5.41, 5.74) is 7.52. The Labute approximate surface area is 36.4 Å². The number of rotatable bonds is 1. The molecule has 3 N–H and O–H groups in total. The fraction of sp³-hybridized carbons (Fsp3) is 1.00. The van der Waals surface area contributed by atoms with Gasteiger partial charge in [-0.1, -0.05) is 12.0 Å². The lowest BCUT2D eigenvalue weighted by atomic mass is 10.8. The molecule has 0 aromatic carbocycles. The van der Waals surface area contributed by atoms with Crippen LogP contribution < -0.4 is 6.15 Å². The van der Waals surface area contributed by atoms with Crippen LogP contribution in [0.5, 0.6) is 0 Å². The van der Waals surface area contributed by atoms with Gasteiger partial charge in [-0.15, -0.1) is 0 Å². The van der Waals surface area contributed by atoms with E-state index in [2.05, 4.69) is 10.0 Å². The molecule has 0 saturated heterocycles. The third-order valence-corrected chi connectivity index (χ3v) is 0.205. The van der Waals surface area contributed by atoms with E-state index >= 15 is 0 Å². The standard InChI is InChI=1S/C2H5N3.H3N/c1-2-4-5-3;/h2H2,1H3;1H3. The molecule has 0 bridgehead atoms. The van der Waals surface area contributed by atoms with Crippen LogP contribution in [0.1, 0.15) is 6.92 Å². The first-order chi connectivity index (χ1) is 2.41. The predicted octanol–water partition coefficient (Wildman–Crippen LogP) is 1.48. The molecule has 36 valence electrons. The van der Waals surface area contributed by atoms with E-state index in [0.29, 0.717) is 6.54 Å². The highest BCUT2D eigenvalue weighted by atomic mass is 15.1. The minimum atomic E-state index is 0. The Morgan fingerprint density at radius 2 is 2.33 bits per heavy atom. The second-order valence-electron chi connectivity index (χ2n) is 0.547. The molecule has 0 radical (unpaired) electrons. The first kappa shape index (κ1) is 8.99. The van der Waals surface area contributed by atoms with Crippen molar-refractivity contribution in [3.63, 3.8) is 0 Å². The molecule has 0 aromatic heterocycles. The third kappa shape index (κ3) is 10.4. The van der Waals surface area contributed by atoms with Gasteiger partial charge in [0, 0.05) is 11.5 Å².